The lowest BCUT2D eigenvalue weighted by atomic mass is 9.59. The summed E-state index contributed by atoms with van der Waals surface area (Å²) in [6, 6.07) is 12.2. The molecule has 1 saturated heterocycles. The average molecular weight is 634 g/mol. The van der Waals surface area contributed by atoms with Crippen molar-refractivity contribution in [2.75, 3.05) is 20.7 Å². The van der Waals surface area contributed by atoms with Crippen LogP contribution < -0.4 is 9.47 Å². The number of esters is 2. The number of hydrogen-bond acceptors (Lipinski definition) is 11. The van der Waals surface area contributed by atoms with Crippen LogP contribution in [-0.4, -0.2) is 78.3 Å². The molecule has 46 heavy (non-hydrogen) atoms. The van der Waals surface area contributed by atoms with Gasteiger partial charge in [0, 0.05) is 35.5 Å². The predicted molar refractivity (Wildman–Crippen MR) is 162 cm³/mol. The third kappa shape index (κ3) is 4.27. The highest BCUT2D eigenvalue weighted by Crippen LogP contribution is 2.75. The summed E-state index contributed by atoms with van der Waals surface area (Å²) in [6.07, 6.45) is -1.19. The van der Waals surface area contributed by atoms with E-state index in [9.17, 15) is 19.5 Å². The summed E-state index contributed by atoms with van der Waals surface area (Å²) in [5, 5.41) is 12.6. The van der Waals surface area contributed by atoms with E-state index in [2.05, 4.69) is 11.0 Å². The molecule has 0 amide bonds. The van der Waals surface area contributed by atoms with Gasteiger partial charge in [-0.2, -0.15) is 0 Å². The smallest absolute Gasteiger partial charge is 0.493 e. The van der Waals surface area contributed by atoms with E-state index in [0.717, 1.165) is 24.1 Å². The lowest BCUT2D eigenvalue weighted by Gasteiger charge is -2.56. The number of ether oxygens (including phenoxy) is 6. The van der Waals surface area contributed by atoms with Gasteiger partial charge in [0.15, 0.2) is 23.7 Å². The molecule has 244 valence electrons. The van der Waals surface area contributed by atoms with Crippen molar-refractivity contribution in [1.82, 2.24) is 4.90 Å². The number of likely N-dealkylation sites (N-methyl/N-ethyl adjacent to an activating group) is 1. The number of rotatable bonds is 7. The molecule has 2 aromatic carbocycles. The van der Waals surface area contributed by atoms with Crippen LogP contribution in [0.5, 0.6) is 11.5 Å². The number of carbonyl (C=O) groups excluding carboxylic acids is 3. The molecule has 11 heteroatoms. The van der Waals surface area contributed by atoms with Gasteiger partial charge >= 0.3 is 18.1 Å². The number of aliphatic hydroxyl groups is 1. The number of fused-ring (bicyclic) bond motifs is 1. The normalized spacial score (nSPS) is 31.2. The number of carbonyl (C=O) groups is 3. The van der Waals surface area contributed by atoms with Crippen molar-refractivity contribution in [2.24, 2.45) is 5.41 Å². The van der Waals surface area contributed by atoms with Crippen molar-refractivity contribution >= 4 is 18.1 Å². The Labute approximate surface area is 267 Å². The quantitative estimate of drug-likeness (QED) is 0.349. The van der Waals surface area contributed by atoms with Crippen LogP contribution in [0, 0.1) is 5.41 Å². The van der Waals surface area contributed by atoms with Crippen molar-refractivity contribution in [2.45, 2.75) is 87.9 Å². The molecule has 1 saturated carbocycles. The van der Waals surface area contributed by atoms with E-state index < -0.39 is 53.0 Å². The Balaban J connectivity index is 1.13. The van der Waals surface area contributed by atoms with Crippen LogP contribution in [0.1, 0.15) is 63.3 Å². The van der Waals surface area contributed by atoms with E-state index in [1.807, 2.05) is 13.1 Å². The Morgan fingerprint density at radius 2 is 1.80 bits per heavy atom. The molecule has 11 nitrogen and oxygen atoms in total. The molecule has 2 bridgehead atoms. The van der Waals surface area contributed by atoms with E-state index in [0.29, 0.717) is 23.5 Å². The second kappa shape index (κ2) is 10.2. The summed E-state index contributed by atoms with van der Waals surface area (Å²) in [7, 11) is 3.61. The molecular weight excluding hydrogens is 594 g/mol. The maximum Gasteiger partial charge on any atom is 0.509 e. The number of hydrogen-bond donors (Lipinski definition) is 1. The lowest BCUT2D eigenvalue weighted by molar-refractivity contribution is -0.173. The van der Waals surface area contributed by atoms with E-state index >= 15 is 0 Å². The molecule has 2 fully saturated rings. The number of likely N-dealkylation sites (tertiary alicyclic amines) is 1. The SMILES string of the molecule is COc1ccc2c3c1O[C@H]1C(OC(=O)[C@H](C)OC(=O)[C@@H](OC(=O)OC(C)(C)C)c4ccccc4)=CC[C@@]4(O)[C@@H]5N(C)CC5(C2)C[C@]314. The fraction of sp³-hybridized carbons (Fsp3) is 0.514. The van der Waals surface area contributed by atoms with Crippen molar-refractivity contribution in [3.8, 4) is 11.5 Å². The molecule has 1 N–H and O–H groups in total. The summed E-state index contributed by atoms with van der Waals surface area (Å²) in [6.45, 7) is 7.26. The van der Waals surface area contributed by atoms with Crippen molar-refractivity contribution in [1.29, 1.82) is 0 Å². The van der Waals surface area contributed by atoms with Gasteiger partial charge in [0.05, 0.1) is 18.1 Å². The molecule has 2 spiro atoms. The Bertz CT molecular complexity index is 1650. The molecule has 5 aliphatic rings. The lowest BCUT2D eigenvalue weighted by Crippen LogP contribution is -2.70. The second-order valence-electron chi connectivity index (χ2n) is 14.2. The maximum atomic E-state index is 13.5. The fourth-order valence-electron chi connectivity index (χ4n) is 8.88. The zero-order valence-electron chi connectivity index (χ0n) is 26.8. The van der Waals surface area contributed by atoms with E-state index in [4.69, 9.17) is 28.4 Å². The molecule has 0 radical (unpaired) electrons. The second-order valence-corrected chi connectivity index (χ2v) is 14.2. The Hall–Kier alpha value is -4.09. The standard InChI is InChI=1S/C35H39NO10/c1-19(42-29(38)25(20-10-8-7-9-11-20)45-31(39)46-32(2,3)4)28(37)43-23-14-15-35(40)30-33(18-36(30)5)16-21-12-13-22(41-6)26-24(21)34(35,17-33)27(23)44-26/h7-14,19,25,27,30,40H,15-18H2,1-6H3/t19-,25-,27-,30+,33?,34-,35+/m0/s1. The first-order chi connectivity index (χ1) is 21.7. The third-order valence-corrected chi connectivity index (χ3v) is 10.2. The summed E-state index contributed by atoms with van der Waals surface area (Å²) >= 11 is 0. The van der Waals surface area contributed by atoms with Crippen LogP contribution in [0.3, 0.4) is 0 Å². The van der Waals surface area contributed by atoms with Gasteiger partial charge in [0.1, 0.15) is 11.4 Å². The van der Waals surface area contributed by atoms with Crippen LogP contribution in [0.15, 0.2) is 54.3 Å². The monoisotopic (exact) mass is 633 g/mol. The molecular formula is C35H39NO10. The van der Waals surface area contributed by atoms with Gasteiger partial charge in [-0.1, -0.05) is 36.4 Å². The molecule has 2 heterocycles. The van der Waals surface area contributed by atoms with Crippen LogP contribution in [0.25, 0.3) is 0 Å². The molecule has 7 atom stereocenters. The van der Waals surface area contributed by atoms with E-state index in [-0.39, 0.29) is 23.6 Å². The van der Waals surface area contributed by atoms with Gasteiger partial charge < -0.3 is 33.5 Å². The highest BCUT2D eigenvalue weighted by atomic mass is 16.7. The Kier molecular flexibility index (Phi) is 6.78. The molecule has 0 aromatic heterocycles. The first-order valence-electron chi connectivity index (χ1n) is 15.6. The molecule has 2 aromatic rings. The average Bonchev–Trinajstić information content (AvgIpc) is 3.41. The molecule has 2 aliphatic heterocycles. The van der Waals surface area contributed by atoms with Crippen molar-refractivity contribution in [3.05, 3.63) is 71.0 Å². The summed E-state index contributed by atoms with van der Waals surface area (Å²) < 4.78 is 34.3. The minimum atomic E-state index is -1.47. The highest BCUT2D eigenvalue weighted by Gasteiger charge is 2.82. The minimum Gasteiger partial charge on any atom is -0.493 e. The van der Waals surface area contributed by atoms with Gasteiger partial charge in [-0.25, -0.2) is 14.4 Å². The fourth-order valence-corrected chi connectivity index (χ4v) is 8.88. The van der Waals surface area contributed by atoms with Gasteiger partial charge in [0.25, 0.3) is 0 Å². The van der Waals surface area contributed by atoms with Crippen molar-refractivity contribution in [3.63, 3.8) is 0 Å². The first-order valence-corrected chi connectivity index (χ1v) is 15.6. The van der Waals surface area contributed by atoms with Gasteiger partial charge in [-0.3, -0.25) is 4.90 Å². The minimum absolute atomic E-state index is 0.0799. The zero-order chi connectivity index (χ0) is 32.8. The Morgan fingerprint density at radius 3 is 2.48 bits per heavy atom. The van der Waals surface area contributed by atoms with Crippen LogP contribution >= 0.6 is 0 Å². The number of benzene rings is 2. The summed E-state index contributed by atoms with van der Waals surface area (Å²) in [5.41, 5.74) is -0.568. The summed E-state index contributed by atoms with van der Waals surface area (Å²) in [4.78, 5) is 41.6. The van der Waals surface area contributed by atoms with Crippen LogP contribution in [0.4, 0.5) is 4.79 Å². The van der Waals surface area contributed by atoms with Gasteiger partial charge in [-0.15, -0.1) is 0 Å². The molecule has 7 rings (SSSR count). The topological polar surface area (TPSA) is 130 Å². The van der Waals surface area contributed by atoms with E-state index in [1.165, 1.54) is 6.92 Å². The van der Waals surface area contributed by atoms with E-state index in [1.54, 1.807) is 64.3 Å². The zero-order valence-corrected chi connectivity index (χ0v) is 26.8. The Morgan fingerprint density at radius 1 is 1.07 bits per heavy atom. The molecule has 3 aliphatic carbocycles. The predicted octanol–water partition coefficient (Wildman–Crippen LogP) is 4.14. The highest BCUT2D eigenvalue weighted by molar-refractivity contribution is 5.84. The van der Waals surface area contributed by atoms with Crippen LogP contribution in [-0.2, 0) is 40.4 Å². The van der Waals surface area contributed by atoms with Gasteiger partial charge in [-0.05, 0) is 65.3 Å². The summed E-state index contributed by atoms with van der Waals surface area (Å²) in [5.74, 6) is -0.419. The largest absolute Gasteiger partial charge is 0.509 e. The van der Waals surface area contributed by atoms with Gasteiger partial charge in [0.2, 0.25) is 6.10 Å². The van der Waals surface area contributed by atoms with Crippen molar-refractivity contribution < 1.29 is 47.9 Å². The third-order valence-electron chi connectivity index (χ3n) is 10.2. The number of nitrogens with zero attached hydrogens (tertiary/aromatic N) is 1. The first kappa shape index (κ1) is 30.6. The van der Waals surface area contributed by atoms with Crippen LogP contribution in [0.2, 0.25) is 0 Å². The number of methoxy groups -OCH3 is 1. The maximum absolute atomic E-state index is 13.5. The molecule has 1 unspecified atom stereocenters.